The number of fused-ring (bicyclic) bond motifs is 1. The summed E-state index contributed by atoms with van der Waals surface area (Å²) in [5.74, 6) is 0.0745. The predicted octanol–water partition coefficient (Wildman–Crippen LogP) is 3.11. The molecule has 2 rings (SSSR count). The van der Waals surface area contributed by atoms with Crippen molar-refractivity contribution in [3.63, 3.8) is 0 Å². The molecule has 0 aliphatic heterocycles. The summed E-state index contributed by atoms with van der Waals surface area (Å²) in [5.41, 5.74) is 1.34. The van der Waals surface area contributed by atoms with Gasteiger partial charge < -0.3 is 10.4 Å². The molecule has 0 aliphatic carbocycles. The second-order valence-electron chi connectivity index (χ2n) is 5.09. The molecule has 0 spiro atoms. The van der Waals surface area contributed by atoms with E-state index in [4.69, 9.17) is 5.11 Å². The Hall–Kier alpha value is -1.39. The number of hydrogen-bond acceptors (Lipinski definition) is 3. The first-order valence-corrected chi connectivity index (χ1v) is 7.94. The first-order valence-electron chi connectivity index (χ1n) is 7.06. The molecular weight excluding hydrogens is 270 g/mol. The van der Waals surface area contributed by atoms with Gasteiger partial charge in [-0.3, -0.25) is 4.79 Å². The van der Waals surface area contributed by atoms with Crippen LogP contribution in [-0.2, 0) is 11.2 Å². The van der Waals surface area contributed by atoms with Crippen LogP contribution in [0.4, 0.5) is 0 Å². The lowest BCUT2D eigenvalue weighted by molar-refractivity contribution is -0.121. The van der Waals surface area contributed by atoms with Crippen molar-refractivity contribution in [2.45, 2.75) is 38.6 Å². The lowest BCUT2D eigenvalue weighted by atomic mass is 10.1. The number of aliphatic hydroxyl groups is 1. The van der Waals surface area contributed by atoms with Gasteiger partial charge in [-0.05, 0) is 48.6 Å². The van der Waals surface area contributed by atoms with Gasteiger partial charge in [-0.25, -0.2) is 0 Å². The standard InChI is InChI=1S/C16H21NO2S/c1-12(9-10-18)17-16(19)8-4-5-13-11-20-15-7-3-2-6-14(13)15/h2-3,6-7,11-12,18H,4-5,8-10H2,1H3,(H,17,19). The highest BCUT2D eigenvalue weighted by molar-refractivity contribution is 7.17. The van der Waals surface area contributed by atoms with Crippen LogP contribution in [0.15, 0.2) is 29.6 Å². The monoisotopic (exact) mass is 291 g/mol. The van der Waals surface area contributed by atoms with Crippen LogP contribution >= 0.6 is 11.3 Å². The van der Waals surface area contributed by atoms with E-state index in [2.05, 4.69) is 35.0 Å². The summed E-state index contributed by atoms with van der Waals surface area (Å²) in [6, 6.07) is 8.44. The number of carbonyl (C=O) groups is 1. The number of thiophene rings is 1. The minimum atomic E-state index is 0.0504. The molecule has 1 amide bonds. The predicted molar refractivity (Wildman–Crippen MR) is 84.1 cm³/mol. The third-order valence-corrected chi connectivity index (χ3v) is 4.39. The molecular formula is C16H21NO2S. The van der Waals surface area contributed by atoms with Crippen LogP contribution in [0.3, 0.4) is 0 Å². The van der Waals surface area contributed by atoms with E-state index in [1.807, 2.05) is 6.92 Å². The van der Waals surface area contributed by atoms with Crippen LogP contribution < -0.4 is 5.32 Å². The summed E-state index contributed by atoms with van der Waals surface area (Å²) in [6.07, 6.45) is 2.95. The fourth-order valence-electron chi connectivity index (χ4n) is 2.28. The molecule has 1 aromatic heterocycles. The summed E-state index contributed by atoms with van der Waals surface area (Å²) in [4.78, 5) is 11.7. The summed E-state index contributed by atoms with van der Waals surface area (Å²) >= 11 is 1.76. The molecule has 0 saturated heterocycles. The Kier molecular flexibility index (Phi) is 5.56. The third-order valence-electron chi connectivity index (χ3n) is 3.38. The van der Waals surface area contributed by atoms with Crippen molar-refractivity contribution in [1.29, 1.82) is 0 Å². The zero-order valence-corrected chi connectivity index (χ0v) is 12.6. The molecule has 0 bridgehead atoms. The minimum absolute atomic E-state index is 0.0504. The number of aryl methyl sites for hydroxylation is 1. The molecule has 2 aromatic rings. The Labute approximate surface area is 123 Å². The first kappa shape index (κ1) is 15.0. The Morgan fingerprint density at radius 2 is 2.20 bits per heavy atom. The van der Waals surface area contributed by atoms with Crippen molar-refractivity contribution < 1.29 is 9.90 Å². The number of hydrogen-bond donors (Lipinski definition) is 2. The van der Waals surface area contributed by atoms with Gasteiger partial charge in [-0.2, -0.15) is 0 Å². The quantitative estimate of drug-likeness (QED) is 0.823. The molecule has 108 valence electrons. The van der Waals surface area contributed by atoms with E-state index in [1.165, 1.54) is 15.6 Å². The fourth-order valence-corrected chi connectivity index (χ4v) is 3.28. The number of carbonyl (C=O) groups excluding carboxylic acids is 1. The van der Waals surface area contributed by atoms with Crippen molar-refractivity contribution in [1.82, 2.24) is 5.32 Å². The summed E-state index contributed by atoms with van der Waals surface area (Å²) in [7, 11) is 0. The fraction of sp³-hybridized carbons (Fsp3) is 0.438. The molecule has 1 heterocycles. The van der Waals surface area contributed by atoms with Crippen LogP contribution in [0.5, 0.6) is 0 Å². The number of nitrogens with one attached hydrogen (secondary N) is 1. The molecule has 1 aromatic carbocycles. The van der Waals surface area contributed by atoms with Gasteiger partial charge in [0, 0.05) is 23.8 Å². The van der Waals surface area contributed by atoms with Crippen molar-refractivity contribution >= 4 is 27.3 Å². The van der Waals surface area contributed by atoms with Crippen LogP contribution in [0.25, 0.3) is 10.1 Å². The summed E-state index contributed by atoms with van der Waals surface area (Å²) in [5, 5.41) is 15.2. The van der Waals surface area contributed by atoms with Gasteiger partial charge in [0.1, 0.15) is 0 Å². The molecule has 4 heteroatoms. The van der Waals surface area contributed by atoms with Crippen molar-refractivity contribution in [2.24, 2.45) is 0 Å². The van der Waals surface area contributed by atoms with E-state index in [0.717, 1.165) is 12.8 Å². The van der Waals surface area contributed by atoms with Gasteiger partial charge in [0.25, 0.3) is 0 Å². The van der Waals surface area contributed by atoms with Crippen LogP contribution in [-0.4, -0.2) is 23.7 Å². The van der Waals surface area contributed by atoms with Crippen LogP contribution in [0.1, 0.15) is 31.7 Å². The second-order valence-corrected chi connectivity index (χ2v) is 6.00. The Morgan fingerprint density at radius 1 is 1.40 bits per heavy atom. The van der Waals surface area contributed by atoms with Gasteiger partial charge in [0.15, 0.2) is 0 Å². The normalized spacial score (nSPS) is 12.5. The van der Waals surface area contributed by atoms with Gasteiger partial charge in [-0.15, -0.1) is 11.3 Å². The van der Waals surface area contributed by atoms with E-state index in [1.54, 1.807) is 11.3 Å². The van der Waals surface area contributed by atoms with Crippen molar-refractivity contribution in [3.05, 3.63) is 35.2 Å². The average molecular weight is 291 g/mol. The lowest BCUT2D eigenvalue weighted by Gasteiger charge is -2.12. The molecule has 20 heavy (non-hydrogen) atoms. The summed E-state index contributed by atoms with van der Waals surface area (Å²) < 4.78 is 1.31. The molecule has 1 atom stereocenters. The highest BCUT2D eigenvalue weighted by atomic mass is 32.1. The van der Waals surface area contributed by atoms with Gasteiger partial charge in [-0.1, -0.05) is 18.2 Å². The smallest absolute Gasteiger partial charge is 0.220 e. The van der Waals surface area contributed by atoms with Crippen LogP contribution in [0, 0.1) is 0 Å². The number of benzene rings is 1. The molecule has 0 saturated carbocycles. The zero-order chi connectivity index (χ0) is 14.4. The topological polar surface area (TPSA) is 49.3 Å². The highest BCUT2D eigenvalue weighted by Gasteiger charge is 2.08. The van der Waals surface area contributed by atoms with Gasteiger partial charge >= 0.3 is 0 Å². The van der Waals surface area contributed by atoms with E-state index in [0.29, 0.717) is 12.8 Å². The van der Waals surface area contributed by atoms with Crippen molar-refractivity contribution in [3.8, 4) is 0 Å². The largest absolute Gasteiger partial charge is 0.396 e. The molecule has 0 radical (unpaired) electrons. The Morgan fingerprint density at radius 3 is 3.00 bits per heavy atom. The maximum Gasteiger partial charge on any atom is 0.220 e. The maximum atomic E-state index is 11.7. The minimum Gasteiger partial charge on any atom is -0.396 e. The molecule has 0 fully saturated rings. The molecule has 2 N–H and O–H groups in total. The number of aliphatic hydroxyl groups excluding tert-OH is 1. The second kappa shape index (κ2) is 7.41. The molecule has 1 unspecified atom stereocenters. The molecule has 3 nitrogen and oxygen atoms in total. The van der Waals surface area contributed by atoms with E-state index < -0.39 is 0 Å². The zero-order valence-electron chi connectivity index (χ0n) is 11.8. The summed E-state index contributed by atoms with van der Waals surface area (Å²) in [6.45, 7) is 2.03. The Bertz CT molecular complexity index is 564. The average Bonchev–Trinajstić information content (AvgIpc) is 2.82. The maximum absolute atomic E-state index is 11.7. The van der Waals surface area contributed by atoms with Crippen molar-refractivity contribution in [2.75, 3.05) is 6.61 Å². The number of rotatable bonds is 7. The van der Waals surface area contributed by atoms with Gasteiger partial charge in [0.05, 0.1) is 0 Å². The Balaban J connectivity index is 1.80. The van der Waals surface area contributed by atoms with Crippen LogP contribution in [0.2, 0.25) is 0 Å². The molecule has 0 aliphatic rings. The van der Waals surface area contributed by atoms with E-state index in [9.17, 15) is 4.79 Å². The van der Waals surface area contributed by atoms with E-state index in [-0.39, 0.29) is 18.6 Å². The van der Waals surface area contributed by atoms with E-state index >= 15 is 0 Å². The number of amides is 1. The third kappa shape index (κ3) is 4.05. The van der Waals surface area contributed by atoms with Gasteiger partial charge in [0.2, 0.25) is 5.91 Å². The lowest BCUT2D eigenvalue weighted by Crippen LogP contribution is -2.32. The SMILES string of the molecule is CC(CCO)NC(=O)CCCc1csc2ccccc12. The first-order chi connectivity index (χ1) is 9.70. The highest BCUT2D eigenvalue weighted by Crippen LogP contribution is 2.26.